The zero-order valence-electron chi connectivity index (χ0n) is 13.8. The second-order valence-corrected chi connectivity index (χ2v) is 6.23. The van der Waals surface area contributed by atoms with Crippen molar-refractivity contribution >= 4 is 40.1 Å². The third-order valence-electron chi connectivity index (χ3n) is 3.86. The molecule has 128 valence electrons. The first-order valence-electron chi connectivity index (χ1n) is 7.80. The van der Waals surface area contributed by atoms with Gasteiger partial charge in [-0.1, -0.05) is 29.8 Å². The van der Waals surface area contributed by atoms with Gasteiger partial charge in [0.15, 0.2) is 0 Å². The molecule has 1 heterocycles. The average molecular weight is 357 g/mol. The molecule has 0 saturated heterocycles. The highest BCUT2D eigenvalue weighted by molar-refractivity contribution is 6.39. The van der Waals surface area contributed by atoms with Crippen LogP contribution in [0.1, 0.15) is 24.3 Å². The van der Waals surface area contributed by atoms with E-state index in [0.717, 1.165) is 16.5 Å². The zero-order valence-corrected chi connectivity index (χ0v) is 14.6. The van der Waals surface area contributed by atoms with Crippen LogP contribution < -0.4 is 10.6 Å². The number of carbonyl (C=O) groups is 2. The third-order valence-corrected chi connectivity index (χ3v) is 4.10. The summed E-state index contributed by atoms with van der Waals surface area (Å²) in [5.41, 5.74) is 2.06. The van der Waals surface area contributed by atoms with Gasteiger partial charge in [-0.2, -0.15) is 0 Å². The molecule has 25 heavy (non-hydrogen) atoms. The van der Waals surface area contributed by atoms with Crippen LogP contribution in [0.2, 0.25) is 5.02 Å². The fourth-order valence-electron chi connectivity index (χ4n) is 2.50. The number of rotatable bonds is 3. The first-order valence-corrected chi connectivity index (χ1v) is 8.18. The van der Waals surface area contributed by atoms with Gasteiger partial charge in [-0.3, -0.25) is 9.59 Å². The van der Waals surface area contributed by atoms with Crippen molar-refractivity contribution in [3.8, 4) is 0 Å². The van der Waals surface area contributed by atoms with Crippen LogP contribution >= 0.6 is 11.6 Å². The Kier molecular flexibility index (Phi) is 4.76. The number of para-hydroxylation sites is 1. The van der Waals surface area contributed by atoms with Gasteiger partial charge in [0.1, 0.15) is 11.3 Å². The van der Waals surface area contributed by atoms with E-state index >= 15 is 0 Å². The lowest BCUT2D eigenvalue weighted by atomic mass is 10.2. The van der Waals surface area contributed by atoms with Gasteiger partial charge in [-0.25, -0.2) is 0 Å². The molecule has 5 nitrogen and oxygen atoms in total. The van der Waals surface area contributed by atoms with Gasteiger partial charge in [0.05, 0.1) is 6.04 Å². The highest BCUT2D eigenvalue weighted by Crippen LogP contribution is 2.23. The number of hydrogen-bond acceptors (Lipinski definition) is 3. The second-order valence-electron chi connectivity index (χ2n) is 5.80. The van der Waals surface area contributed by atoms with E-state index in [1.165, 1.54) is 0 Å². The number of halogens is 1. The molecule has 2 aromatic carbocycles. The maximum absolute atomic E-state index is 12.1. The number of carbonyl (C=O) groups excluding carboxylic acids is 2. The molecule has 0 saturated carbocycles. The quantitative estimate of drug-likeness (QED) is 0.690. The Labute approximate surface area is 150 Å². The summed E-state index contributed by atoms with van der Waals surface area (Å²) in [6, 6.07) is 14.0. The smallest absolute Gasteiger partial charge is 0.313 e. The lowest BCUT2D eigenvalue weighted by molar-refractivity contribution is -0.136. The minimum absolute atomic E-state index is 0.433. The monoisotopic (exact) mass is 356 g/mol. The van der Waals surface area contributed by atoms with E-state index in [1.807, 2.05) is 30.3 Å². The Hall–Kier alpha value is -2.79. The number of hydrogen-bond donors (Lipinski definition) is 2. The summed E-state index contributed by atoms with van der Waals surface area (Å²) in [5, 5.41) is 6.73. The number of furan rings is 1. The van der Waals surface area contributed by atoms with E-state index in [9.17, 15) is 9.59 Å². The van der Waals surface area contributed by atoms with Crippen molar-refractivity contribution in [3.05, 3.63) is 64.9 Å². The van der Waals surface area contributed by atoms with E-state index in [4.69, 9.17) is 16.0 Å². The number of aryl methyl sites for hydroxylation is 1. The summed E-state index contributed by atoms with van der Waals surface area (Å²) in [6.07, 6.45) is 0. The maximum atomic E-state index is 12.1. The van der Waals surface area contributed by atoms with Gasteiger partial charge >= 0.3 is 11.8 Å². The van der Waals surface area contributed by atoms with E-state index in [1.54, 1.807) is 32.0 Å². The highest BCUT2D eigenvalue weighted by atomic mass is 35.5. The van der Waals surface area contributed by atoms with E-state index in [0.29, 0.717) is 16.5 Å². The molecule has 0 spiro atoms. The van der Waals surface area contributed by atoms with Crippen LogP contribution in [0.5, 0.6) is 0 Å². The molecule has 0 bridgehead atoms. The van der Waals surface area contributed by atoms with Crippen LogP contribution in [0.25, 0.3) is 11.0 Å². The summed E-state index contributed by atoms with van der Waals surface area (Å²) in [6.45, 7) is 3.56. The molecule has 6 heteroatoms. The van der Waals surface area contributed by atoms with Crippen molar-refractivity contribution in [2.45, 2.75) is 19.9 Å². The fraction of sp³-hybridized carbons (Fsp3) is 0.158. The highest BCUT2D eigenvalue weighted by Gasteiger charge is 2.20. The molecule has 0 fully saturated rings. The predicted octanol–water partition coefficient (Wildman–Crippen LogP) is 4.21. The largest absolute Gasteiger partial charge is 0.459 e. The van der Waals surface area contributed by atoms with Crippen LogP contribution in [0.15, 0.2) is 52.9 Å². The van der Waals surface area contributed by atoms with Crippen molar-refractivity contribution < 1.29 is 14.0 Å². The summed E-state index contributed by atoms with van der Waals surface area (Å²) in [5.74, 6) is -0.888. The van der Waals surface area contributed by atoms with Gasteiger partial charge in [0, 0.05) is 16.1 Å². The number of fused-ring (bicyclic) bond motifs is 1. The van der Waals surface area contributed by atoms with Gasteiger partial charge in [-0.15, -0.1) is 0 Å². The fourth-order valence-corrected chi connectivity index (χ4v) is 2.72. The van der Waals surface area contributed by atoms with E-state index in [2.05, 4.69) is 10.6 Å². The lowest BCUT2D eigenvalue weighted by Crippen LogP contribution is -2.36. The van der Waals surface area contributed by atoms with Crippen LogP contribution in [-0.2, 0) is 9.59 Å². The Morgan fingerprint density at radius 1 is 1.08 bits per heavy atom. The van der Waals surface area contributed by atoms with Crippen LogP contribution in [0.3, 0.4) is 0 Å². The minimum atomic E-state index is -0.742. The second kappa shape index (κ2) is 6.99. The van der Waals surface area contributed by atoms with Crippen molar-refractivity contribution in [2.75, 3.05) is 5.32 Å². The molecule has 3 aromatic rings. The molecule has 0 aliphatic rings. The van der Waals surface area contributed by atoms with Gasteiger partial charge in [-0.05, 0) is 49.7 Å². The SMILES string of the molecule is Cc1cc(Cl)ccc1NC(=O)C(=O)NC(C)c1cc2ccccc2o1. The Balaban J connectivity index is 1.67. The molecule has 0 aliphatic carbocycles. The number of benzene rings is 2. The molecule has 1 atom stereocenters. The van der Waals surface area contributed by atoms with Crippen LogP contribution in [-0.4, -0.2) is 11.8 Å². The van der Waals surface area contributed by atoms with Gasteiger partial charge < -0.3 is 15.1 Å². The molecular formula is C19H17ClN2O3. The summed E-state index contributed by atoms with van der Waals surface area (Å²) in [7, 11) is 0. The molecule has 1 aromatic heterocycles. The minimum Gasteiger partial charge on any atom is -0.459 e. The van der Waals surface area contributed by atoms with Crippen LogP contribution in [0.4, 0.5) is 5.69 Å². The van der Waals surface area contributed by atoms with Crippen LogP contribution in [0, 0.1) is 6.92 Å². The van der Waals surface area contributed by atoms with E-state index < -0.39 is 17.9 Å². The summed E-state index contributed by atoms with van der Waals surface area (Å²) >= 11 is 5.88. The zero-order chi connectivity index (χ0) is 18.0. The molecule has 2 N–H and O–H groups in total. The lowest BCUT2D eigenvalue weighted by Gasteiger charge is -2.12. The topological polar surface area (TPSA) is 71.3 Å². The molecule has 0 aliphatic heterocycles. The number of nitrogens with one attached hydrogen (secondary N) is 2. The number of anilines is 1. The molecule has 2 amide bonds. The molecule has 0 radical (unpaired) electrons. The standard InChI is InChI=1S/C19H17ClN2O3/c1-11-9-14(20)7-8-15(11)22-19(24)18(23)21-12(2)17-10-13-5-3-4-6-16(13)25-17/h3-10,12H,1-2H3,(H,21,23)(H,22,24). The molecular weight excluding hydrogens is 340 g/mol. The van der Waals surface area contributed by atoms with Gasteiger partial charge in [0.25, 0.3) is 0 Å². The summed E-state index contributed by atoms with van der Waals surface area (Å²) in [4.78, 5) is 24.2. The molecule has 3 rings (SSSR count). The predicted molar refractivity (Wildman–Crippen MR) is 97.6 cm³/mol. The van der Waals surface area contributed by atoms with Crippen molar-refractivity contribution in [1.29, 1.82) is 0 Å². The molecule has 1 unspecified atom stereocenters. The van der Waals surface area contributed by atoms with Crippen molar-refractivity contribution in [2.24, 2.45) is 0 Å². The first kappa shape index (κ1) is 17.0. The van der Waals surface area contributed by atoms with Crippen molar-refractivity contribution in [3.63, 3.8) is 0 Å². The normalized spacial score (nSPS) is 12.0. The average Bonchev–Trinajstić information content (AvgIpc) is 3.01. The Morgan fingerprint density at radius 3 is 2.56 bits per heavy atom. The first-order chi connectivity index (χ1) is 11.9. The third kappa shape index (κ3) is 3.83. The van der Waals surface area contributed by atoms with E-state index in [-0.39, 0.29) is 0 Å². The van der Waals surface area contributed by atoms with Gasteiger partial charge in [0.2, 0.25) is 0 Å². The summed E-state index contributed by atoms with van der Waals surface area (Å²) < 4.78 is 5.70. The van der Waals surface area contributed by atoms with Crippen molar-refractivity contribution in [1.82, 2.24) is 5.32 Å². The number of amides is 2. The Bertz CT molecular complexity index is 916. The Morgan fingerprint density at radius 2 is 1.84 bits per heavy atom. The maximum Gasteiger partial charge on any atom is 0.313 e.